The van der Waals surface area contributed by atoms with Gasteiger partial charge in [0, 0.05) is 6.54 Å². The third kappa shape index (κ3) is 3.78. The predicted octanol–water partition coefficient (Wildman–Crippen LogP) is 3.69. The average Bonchev–Trinajstić information content (AvgIpc) is 3.18. The lowest BCUT2D eigenvalue weighted by atomic mass is 10.1. The highest BCUT2D eigenvalue weighted by Crippen LogP contribution is 2.25. The van der Waals surface area contributed by atoms with Crippen LogP contribution in [0.1, 0.15) is 47.8 Å². The topological polar surface area (TPSA) is 45.5 Å². The van der Waals surface area contributed by atoms with Crippen molar-refractivity contribution >= 4 is 17.2 Å². The van der Waals surface area contributed by atoms with Crippen LogP contribution in [0.3, 0.4) is 0 Å². The number of hydrogen-bond donors (Lipinski definition) is 1. The van der Waals surface area contributed by atoms with Crippen LogP contribution in [0.2, 0.25) is 0 Å². The maximum atomic E-state index is 12.1. The van der Waals surface area contributed by atoms with Crippen molar-refractivity contribution in [3.63, 3.8) is 0 Å². The first kappa shape index (κ1) is 15.3. The van der Waals surface area contributed by atoms with Crippen molar-refractivity contribution in [1.82, 2.24) is 10.2 Å². The Hall–Kier alpha value is -1.59. The van der Waals surface area contributed by atoms with E-state index >= 15 is 0 Å². The summed E-state index contributed by atoms with van der Waals surface area (Å²) in [6, 6.07) is 5.85. The second kappa shape index (κ2) is 7.61. The summed E-state index contributed by atoms with van der Waals surface area (Å²) in [6.45, 7) is 2.84. The van der Waals surface area contributed by atoms with Gasteiger partial charge in [0.15, 0.2) is 5.76 Å². The molecule has 1 aliphatic rings. The van der Waals surface area contributed by atoms with Crippen molar-refractivity contribution in [3.05, 3.63) is 46.5 Å². The Morgan fingerprint density at radius 3 is 2.73 bits per heavy atom. The molecular weight excluding hydrogens is 296 g/mol. The molecular formula is C17H22N2O2S. The molecule has 4 nitrogen and oxygen atoms in total. The molecule has 0 spiro atoms. The second-order valence-electron chi connectivity index (χ2n) is 5.71. The number of hydrogen-bond acceptors (Lipinski definition) is 4. The Balaban J connectivity index is 1.67. The molecule has 1 unspecified atom stereocenters. The van der Waals surface area contributed by atoms with Crippen molar-refractivity contribution in [2.75, 3.05) is 19.6 Å². The van der Waals surface area contributed by atoms with Gasteiger partial charge in [0.2, 0.25) is 0 Å². The zero-order valence-corrected chi connectivity index (χ0v) is 13.5. The van der Waals surface area contributed by atoms with E-state index in [9.17, 15) is 4.79 Å². The van der Waals surface area contributed by atoms with Crippen LogP contribution < -0.4 is 5.32 Å². The molecule has 5 heteroatoms. The van der Waals surface area contributed by atoms with E-state index in [1.165, 1.54) is 37.5 Å². The smallest absolute Gasteiger partial charge is 0.287 e. The normalized spacial score (nSPS) is 17.8. The largest absolute Gasteiger partial charge is 0.459 e. The molecule has 2 aromatic heterocycles. The van der Waals surface area contributed by atoms with Crippen LogP contribution in [0.25, 0.3) is 0 Å². The van der Waals surface area contributed by atoms with Crippen LogP contribution in [0.4, 0.5) is 0 Å². The number of rotatable bonds is 5. The van der Waals surface area contributed by atoms with Crippen LogP contribution in [0.5, 0.6) is 0 Å². The minimum absolute atomic E-state index is 0.139. The van der Waals surface area contributed by atoms with Gasteiger partial charge in [-0.15, -0.1) is 0 Å². The van der Waals surface area contributed by atoms with Crippen molar-refractivity contribution in [2.45, 2.75) is 31.7 Å². The van der Waals surface area contributed by atoms with E-state index in [-0.39, 0.29) is 11.9 Å². The van der Waals surface area contributed by atoms with Gasteiger partial charge >= 0.3 is 0 Å². The second-order valence-corrected chi connectivity index (χ2v) is 6.49. The molecule has 0 aromatic carbocycles. The van der Waals surface area contributed by atoms with Gasteiger partial charge in [0.05, 0.1) is 12.3 Å². The third-order valence-corrected chi connectivity index (χ3v) is 4.91. The minimum atomic E-state index is -0.139. The molecule has 3 heterocycles. The maximum absolute atomic E-state index is 12.1. The highest BCUT2D eigenvalue weighted by molar-refractivity contribution is 7.07. The van der Waals surface area contributed by atoms with Crippen LogP contribution in [0, 0.1) is 0 Å². The summed E-state index contributed by atoms with van der Waals surface area (Å²) in [7, 11) is 0. The van der Waals surface area contributed by atoms with E-state index in [1.807, 2.05) is 0 Å². The van der Waals surface area contributed by atoms with Crippen molar-refractivity contribution in [1.29, 1.82) is 0 Å². The summed E-state index contributed by atoms with van der Waals surface area (Å²) in [5.41, 5.74) is 1.30. The number of carbonyl (C=O) groups is 1. The molecule has 22 heavy (non-hydrogen) atoms. The molecule has 1 saturated heterocycles. The van der Waals surface area contributed by atoms with Gasteiger partial charge < -0.3 is 9.73 Å². The number of thiophene rings is 1. The van der Waals surface area contributed by atoms with E-state index in [0.29, 0.717) is 12.3 Å². The Bertz CT molecular complexity index is 558. The van der Waals surface area contributed by atoms with Gasteiger partial charge in [-0.1, -0.05) is 12.8 Å². The predicted molar refractivity (Wildman–Crippen MR) is 88.1 cm³/mol. The Kier molecular flexibility index (Phi) is 5.29. The molecule has 0 bridgehead atoms. The quantitative estimate of drug-likeness (QED) is 0.914. The van der Waals surface area contributed by atoms with Crippen molar-refractivity contribution < 1.29 is 9.21 Å². The highest BCUT2D eigenvalue weighted by atomic mass is 32.1. The van der Waals surface area contributed by atoms with Crippen molar-refractivity contribution in [2.24, 2.45) is 0 Å². The lowest BCUT2D eigenvalue weighted by Gasteiger charge is -2.30. The van der Waals surface area contributed by atoms with Crippen LogP contribution in [0.15, 0.2) is 39.6 Å². The fraction of sp³-hybridized carbons (Fsp3) is 0.471. The molecule has 118 valence electrons. The number of amides is 1. The van der Waals surface area contributed by atoms with Gasteiger partial charge in [0.25, 0.3) is 5.91 Å². The van der Waals surface area contributed by atoms with Gasteiger partial charge in [-0.25, -0.2) is 0 Å². The Morgan fingerprint density at radius 2 is 2.09 bits per heavy atom. The van der Waals surface area contributed by atoms with Crippen molar-refractivity contribution in [3.8, 4) is 0 Å². The number of carbonyl (C=O) groups excluding carboxylic acids is 1. The molecule has 1 amide bonds. The monoisotopic (exact) mass is 318 g/mol. The maximum Gasteiger partial charge on any atom is 0.287 e. The fourth-order valence-electron chi connectivity index (χ4n) is 3.01. The SMILES string of the molecule is O=C(NCC(c1ccsc1)N1CCCCCC1)c1ccco1. The molecule has 0 aliphatic carbocycles. The summed E-state index contributed by atoms with van der Waals surface area (Å²) in [4.78, 5) is 14.6. The summed E-state index contributed by atoms with van der Waals surface area (Å²) in [5.74, 6) is 0.236. The zero-order chi connectivity index (χ0) is 15.2. The molecule has 1 atom stereocenters. The standard InChI is InChI=1S/C17H22N2O2S/c20-17(16-6-5-10-21-16)18-12-15(14-7-11-22-13-14)19-8-3-1-2-4-9-19/h5-7,10-11,13,15H,1-4,8-9,12H2,(H,18,20). The number of likely N-dealkylation sites (tertiary alicyclic amines) is 1. The lowest BCUT2D eigenvalue weighted by Crippen LogP contribution is -2.38. The molecule has 1 fully saturated rings. The van der Waals surface area contributed by atoms with Gasteiger partial charge in [-0.2, -0.15) is 11.3 Å². The summed E-state index contributed by atoms with van der Waals surface area (Å²) >= 11 is 1.71. The number of furan rings is 1. The molecule has 2 aromatic rings. The van der Waals surface area contributed by atoms with Crippen LogP contribution in [-0.2, 0) is 0 Å². The first-order valence-corrected chi connectivity index (χ1v) is 8.87. The van der Waals surface area contributed by atoms with E-state index in [0.717, 1.165) is 13.1 Å². The third-order valence-electron chi connectivity index (χ3n) is 4.21. The summed E-state index contributed by atoms with van der Waals surface area (Å²) in [6.07, 6.45) is 6.64. The van der Waals surface area contributed by atoms with Crippen LogP contribution in [-0.4, -0.2) is 30.4 Å². The highest BCUT2D eigenvalue weighted by Gasteiger charge is 2.23. The number of nitrogens with one attached hydrogen (secondary N) is 1. The van der Waals surface area contributed by atoms with Gasteiger partial charge in [0.1, 0.15) is 0 Å². The average molecular weight is 318 g/mol. The zero-order valence-electron chi connectivity index (χ0n) is 12.7. The molecule has 0 radical (unpaired) electrons. The van der Waals surface area contributed by atoms with E-state index < -0.39 is 0 Å². The lowest BCUT2D eigenvalue weighted by molar-refractivity contribution is 0.0905. The van der Waals surface area contributed by atoms with Gasteiger partial charge in [-0.05, 0) is 60.5 Å². The van der Waals surface area contributed by atoms with E-state index in [4.69, 9.17) is 4.42 Å². The minimum Gasteiger partial charge on any atom is -0.459 e. The first-order valence-electron chi connectivity index (χ1n) is 7.92. The molecule has 0 saturated carbocycles. The van der Waals surface area contributed by atoms with Gasteiger partial charge in [-0.3, -0.25) is 9.69 Å². The summed E-state index contributed by atoms with van der Waals surface area (Å²) in [5, 5.41) is 7.32. The van der Waals surface area contributed by atoms with E-state index in [2.05, 4.69) is 27.0 Å². The number of nitrogens with zero attached hydrogens (tertiary/aromatic N) is 1. The fourth-order valence-corrected chi connectivity index (χ4v) is 3.72. The molecule has 1 aliphatic heterocycles. The Morgan fingerprint density at radius 1 is 1.27 bits per heavy atom. The van der Waals surface area contributed by atoms with Crippen LogP contribution >= 0.6 is 11.3 Å². The first-order chi connectivity index (χ1) is 10.8. The summed E-state index contributed by atoms with van der Waals surface area (Å²) < 4.78 is 5.16. The molecule has 3 rings (SSSR count). The Labute approximate surface area is 135 Å². The van der Waals surface area contributed by atoms with E-state index in [1.54, 1.807) is 23.5 Å². The molecule has 1 N–H and O–H groups in total.